The molecular weight excluding hydrogens is 234 g/mol. The fourth-order valence-electron chi connectivity index (χ4n) is 3.22. The molecule has 1 fully saturated rings. The number of anilines is 1. The van der Waals surface area contributed by atoms with Gasteiger partial charge in [0.2, 0.25) is 0 Å². The molecule has 0 radical (unpaired) electrons. The molecule has 0 aliphatic heterocycles. The Morgan fingerprint density at radius 2 is 1.89 bits per heavy atom. The van der Waals surface area contributed by atoms with Crippen molar-refractivity contribution in [2.24, 2.45) is 5.92 Å². The van der Waals surface area contributed by atoms with E-state index in [4.69, 9.17) is 0 Å². The van der Waals surface area contributed by atoms with E-state index in [1.54, 1.807) is 0 Å². The lowest BCUT2D eigenvalue weighted by Crippen LogP contribution is -2.26. The largest absolute Gasteiger partial charge is 0.389 e. The van der Waals surface area contributed by atoms with Crippen LogP contribution in [0.25, 0.3) is 0 Å². The van der Waals surface area contributed by atoms with Gasteiger partial charge >= 0.3 is 0 Å². The number of aliphatic hydroxyl groups is 1. The Balaban J connectivity index is 1.92. The second-order valence-electron chi connectivity index (χ2n) is 5.91. The minimum absolute atomic E-state index is 0.403. The van der Waals surface area contributed by atoms with Gasteiger partial charge in [0, 0.05) is 17.3 Å². The molecule has 1 aliphatic carbocycles. The maximum absolute atomic E-state index is 9.81. The second kappa shape index (κ2) is 6.95. The monoisotopic (exact) mass is 261 g/mol. The second-order valence-corrected chi connectivity index (χ2v) is 5.91. The number of benzene rings is 1. The Hall–Kier alpha value is -1.02. The first-order valence-corrected chi connectivity index (χ1v) is 7.74. The Morgan fingerprint density at radius 3 is 2.53 bits per heavy atom. The minimum atomic E-state index is -0.403. The Morgan fingerprint density at radius 1 is 1.21 bits per heavy atom. The summed E-state index contributed by atoms with van der Waals surface area (Å²) in [7, 11) is 0. The van der Waals surface area contributed by atoms with Crippen LogP contribution < -0.4 is 5.32 Å². The van der Waals surface area contributed by atoms with Gasteiger partial charge in [0.25, 0.3) is 0 Å². The molecule has 0 aromatic heterocycles. The van der Waals surface area contributed by atoms with E-state index in [0.29, 0.717) is 6.04 Å². The quantitative estimate of drug-likeness (QED) is 0.817. The van der Waals surface area contributed by atoms with Gasteiger partial charge in [-0.2, -0.15) is 0 Å². The average molecular weight is 261 g/mol. The fourth-order valence-corrected chi connectivity index (χ4v) is 3.22. The molecule has 1 atom stereocenters. The van der Waals surface area contributed by atoms with Crippen molar-refractivity contribution in [1.82, 2.24) is 0 Å². The van der Waals surface area contributed by atoms with E-state index < -0.39 is 6.10 Å². The molecule has 1 aromatic rings. The summed E-state index contributed by atoms with van der Waals surface area (Å²) in [6.45, 7) is 4.11. The minimum Gasteiger partial charge on any atom is -0.389 e. The molecule has 0 spiro atoms. The summed E-state index contributed by atoms with van der Waals surface area (Å²) >= 11 is 0. The van der Waals surface area contributed by atoms with Gasteiger partial charge < -0.3 is 10.4 Å². The topological polar surface area (TPSA) is 32.3 Å². The van der Waals surface area contributed by atoms with E-state index in [0.717, 1.165) is 17.2 Å². The third-order valence-corrected chi connectivity index (χ3v) is 4.31. The molecule has 0 heterocycles. The summed E-state index contributed by atoms with van der Waals surface area (Å²) in [5.41, 5.74) is 2.12. The van der Waals surface area contributed by atoms with Gasteiger partial charge in [-0.1, -0.05) is 38.0 Å². The maximum atomic E-state index is 9.81. The lowest BCUT2D eigenvalue weighted by molar-refractivity contribution is 0.200. The van der Waals surface area contributed by atoms with E-state index in [1.807, 2.05) is 25.1 Å². The first kappa shape index (κ1) is 14.4. The van der Waals surface area contributed by atoms with Gasteiger partial charge in [0.05, 0.1) is 6.10 Å². The molecule has 1 saturated carbocycles. The third kappa shape index (κ3) is 3.97. The molecule has 1 aromatic carbocycles. The van der Waals surface area contributed by atoms with Crippen LogP contribution in [-0.2, 0) is 0 Å². The maximum Gasteiger partial charge on any atom is 0.0781 e. The molecule has 1 aliphatic rings. The van der Waals surface area contributed by atoms with E-state index >= 15 is 0 Å². The van der Waals surface area contributed by atoms with Crippen molar-refractivity contribution in [1.29, 1.82) is 0 Å². The van der Waals surface area contributed by atoms with Crippen molar-refractivity contribution in [2.75, 3.05) is 5.32 Å². The van der Waals surface area contributed by atoms with Crippen LogP contribution in [0.5, 0.6) is 0 Å². The van der Waals surface area contributed by atoms with Crippen molar-refractivity contribution in [3.05, 3.63) is 29.8 Å². The van der Waals surface area contributed by atoms with Gasteiger partial charge in [-0.3, -0.25) is 0 Å². The van der Waals surface area contributed by atoms with Crippen molar-refractivity contribution in [3.8, 4) is 0 Å². The molecular formula is C17H27NO. The van der Waals surface area contributed by atoms with Crippen LogP contribution in [0.2, 0.25) is 0 Å². The summed E-state index contributed by atoms with van der Waals surface area (Å²) in [6, 6.07) is 8.70. The van der Waals surface area contributed by atoms with E-state index in [1.165, 1.54) is 38.5 Å². The summed E-state index contributed by atoms with van der Waals surface area (Å²) in [6.07, 6.45) is 7.52. The first-order valence-electron chi connectivity index (χ1n) is 7.74. The van der Waals surface area contributed by atoms with Gasteiger partial charge in [-0.25, -0.2) is 0 Å². The molecule has 19 heavy (non-hydrogen) atoms. The zero-order valence-corrected chi connectivity index (χ0v) is 12.2. The lowest BCUT2D eigenvalue weighted by atomic mass is 9.83. The molecule has 2 rings (SSSR count). The number of hydrogen-bond donors (Lipinski definition) is 2. The molecule has 0 amide bonds. The molecule has 2 nitrogen and oxygen atoms in total. The SMILES string of the molecule is CCCC1CCC(Nc2ccccc2C(C)O)CC1. The number of rotatable bonds is 5. The van der Waals surface area contributed by atoms with Gasteiger partial charge in [-0.15, -0.1) is 0 Å². The van der Waals surface area contributed by atoms with E-state index in [9.17, 15) is 5.11 Å². The smallest absolute Gasteiger partial charge is 0.0781 e. The van der Waals surface area contributed by atoms with Crippen LogP contribution in [0.4, 0.5) is 5.69 Å². The normalized spacial score (nSPS) is 25.0. The number of hydrogen-bond acceptors (Lipinski definition) is 2. The number of aliphatic hydroxyl groups excluding tert-OH is 1. The molecule has 0 saturated heterocycles. The van der Waals surface area contributed by atoms with Gasteiger partial charge in [0.1, 0.15) is 0 Å². The van der Waals surface area contributed by atoms with Crippen LogP contribution in [0, 0.1) is 5.92 Å². The highest BCUT2D eigenvalue weighted by Gasteiger charge is 2.21. The van der Waals surface area contributed by atoms with E-state index in [2.05, 4.69) is 18.3 Å². The highest BCUT2D eigenvalue weighted by molar-refractivity contribution is 5.52. The molecule has 106 valence electrons. The standard InChI is InChI=1S/C17H27NO/c1-3-6-14-9-11-15(12-10-14)18-17-8-5-4-7-16(17)13(2)19/h4-5,7-8,13-15,18-19H,3,6,9-12H2,1-2H3. The molecule has 2 N–H and O–H groups in total. The van der Waals surface area contributed by atoms with Crippen LogP contribution >= 0.6 is 0 Å². The Bertz CT molecular complexity index is 381. The summed E-state index contributed by atoms with van der Waals surface area (Å²) in [4.78, 5) is 0. The van der Waals surface area contributed by atoms with Crippen molar-refractivity contribution >= 4 is 5.69 Å². The Labute approximate surface area is 117 Å². The molecule has 1 unspecified atom stereocenters. The van der Waals surface area contributed by atoms with Crippen molar-refractivity contribution in [3.63, 3.8) is 0 Å². The Kier molecular flexibility index (Phi) is 5.26. The predicted octanol–water partition coefficient (Wildman–Crippen LogP) is 4.51. The zero-order valence-electron chi connectivity index (χ0n) is 12.2. The van der Waals surface area contributed by atoms with Crippen LogP contribution in [0.1, 0.15) is 64.0 Å². The summed E-state index contributed by atoms with van der Waals surface area (Å²) in [5, 5.41) is 13.4. The van der Waals surface area contributed by atoms with E-state index in [-0.39, 0.29) is 0 Å². The van der Waals surface area contributed by atoms with Crippen LogP contribution in [-0.4, -0.2) is 11.1 Å². The van der Waals surface area contributed by atoms with Crippen LogP contribution in [0.3, 0.4) is 0 Å². The predicted molar refractivity (Wildman–Crippen MR) is 81.4 cm³/mol. The number of para-hydroxylation sites is 1. The van der Waals surface area contributed by atoms with Crippen molar-refractivity contribution in [2.45, 2.75) is 64.5 Å². The third-order valence-electron chi connectivity index (χ3n) is 4.31. The number of nitrogens with one attached hydrogen (secondary N) is 1. The summed E-state index contributed by atoms with van der Waals surface area (Å²) in [5.74, 6) is 0.940. The van der Waals surface area contributed by atoms with Crippen LogP contribution in [0.15, 0.2) is 24.3 Å². The highest BCUT2D eigenvalue weighted by Crippen LogP contribution is 2.31. The van der Waals surface area contributed by atoms with Gasteiger partial charge in [0.15, 0.2) is 0 Å². The zero-order chi connectivity index (χ0) is 13.7. The van der Waals surface area contributed by atoms with Crippen molar-refractivity contribution < 1.29 is 5.11 Å². The average Bonchev–Trinajstić information content (AvgIpc) is 2.42. The van der Waals surface area contributed by atoms with Gasteiger partial charge in [-0.05, 0) is 44.6 Å². The molecule has 2 heteroatoms. The lowest BCUT2D eigenvalue weighted by Gasteiger charge is -2.30. The summed E-state index contributed by atoms with van der Waals surface area (Å²) < 4.78 is 0. The highest BCUT2D eigenvalue weighted by atomic mass is 16.3. The first-order chi connectivity index (χ1) is 9.20. The molecule has 0 bridgehead atoms. The fraction of sp³-hybridized carbons (Fsp3) is 0.647.